The molecule has 1 N–H and O–H groups in total. The minimum absolute atomic E-state index is 0.116. The van der Waals surface area contributed by atoms with Gasteiger partial charge < -0.3 is 5.32 Å². The van der Waals surface area contributed by atoms with E-state index in [-0.39, 0.29) is 5.91 Å². The van der Waals surface area contributed by atoms with Crippen molar-refractivity contribution in [3.8, 4) is 0 Å². The van der Waals surface area contributed by atoms with Gasteiger partial charge in [0, 0.05) is 11.4 Å². The molecule has 2 rings (SSSR count). The molecule has 1 aliphatic rings. The van der Waals surface area contributed by atoms with Gasteiger partial charge in [0.2, 0.25) is 0 Å². The second kappa shape index (κ2) is 6.08. The second-order valence-electron chi connectivity index (χ2n) is 6.27. The highest BCUT2D eigenvalue weighted by molar-refractivity contribution is 7.14. The maximum atomic E-state index is 12.2. The molecule has 2 nitrogen and oxygen atoms in total. The molecule has 0 fully saturated rings. The van der Waals surface area contributed by atoms with Crippen LogP contribution >= 0.6 is 11.3 Å². The van der Waals surface area contributed by atoms with Crippen molar-refractivity contribution in [3.63, 3.8) is 0 Å². The number of hydrogen-bond acceptors (Lipinski definition) is 2. The van der Waals surface area contributed by atoms with Crippen LogP contribution in [-0.2, 0) is 12.8 Å². The van der Waals surface area contributed by atoms with Gasteiger partial charge in [-0.15, -0.1) is 11.3 Å². The Labute approximate surface area is 120 Å². The summed E-state index contributed by atoms with van der Waals surface area (Å²) < 4.78 is 0. The van der Waals surface area contributed by atoms with Crippen LogP contribution < -0.4 is 5.32 Å². The van der Waals surface area contributed by atoms with Gasteiger partial charge >= 0.3 is 0 Å². The maximum Gasteiger partial charge on any atom is 0.261 e. The summed E-state index contributed by atoms with van der Waals surface area (Å²) in [6.07, 6.45) is 3.57. The topological polar surface area (TPSA) is 29.1 Å². The van der Waals surface area contributed by atoms with Crippen LogP contribution in [-0.4, -0.2) is 12.5 Å². The molecule has 0 atom stereocenters. The fourth-order valence-electron chi connectivity index (χ4n) is 2.98. The molecule has 1 aliphatic carbocycles. The Kier molecular flexibility index (Phi) is 4.67. The molecular formula is C16H25NOS. The van der Waals surface area contributed by atoms with E-state index in [2.05, 4.69) is 39.1 Å². The smallest absolute Gasteiger partial charge is 0.261 e. The Morgan fingerprint density at radius 3 is 2.53 bits per heavy atom. The molecule has 0 saturated carbocycles. The van der Waals surface area contributed by atoms with Crippen molar-refractivity contribution in [1.29, 1.82) is 0 Å². The molecule has 0 aromatic carbocycles. The highest BCUT2D eigenvalue weighted by atomic mass is 32.1. The Morgan fingerprint density at radius 2 is 1.95 bits per heavy atom. The molecule has 0 radical (unpaired) electrons. The summed E-state index contributed by atoms with van der Waals surface area (Å²) in [5.74, 6) is 1.88. The number of carbonyl (C=O) groups excluding carboxylic acids is 1. The van der Waals surface area contributed by atoms with Crippen LogP contribution in [0.25, 0.3) is 0 Å². The van der Waals surface area contributed by atoms with Crippen molar-refractivity contribution in [3.05, 3.63) is 21.4 Å². The average Bonchev–Trinajstić information content (AvgIpc) is 2.87. The normalized spacial score (nSPS) is 14.5. The Hall–Kier alpha value is -0.830. The predicted octanol–water partition coefficient (Wildman–Crippen LogP) is 3.89. The molecular weight excluding hydrogens is 254 g/mol. The molecule has 1 heterocycles. The van der Waals surface area contributed by atoms with E-state index in [1.165, 1.54) is 16.9 Å². The summed E-state index contributed by atoms with van der Waals surface area (Å²) in [4.78, 5) is 14.5. The number of carbonyl (C=O) groups is 1. The molecule has 1 aromatic rings. The van der Waals surface area contributed by atoms with Crippen LogP contribution in [0.4, 0.5) is 0 Å². The zero-order chi connectivity index (χ0) is 14.0. The van der Waals surface area contributed by atoms with E-state index in [0.29, 0.717) is 17.8 Å². The minimum Gasteiger partial charge on any atom is -0.351 e. The Bertz CT molecular complexity index is 418. The number of nitrogens with one attached hydrogen (secondary N) is 1. The molecule has 1 amide bonds. The van der Waals surface area contributed by atoms with E-state index in [1.807, 2.05) is 0 Å². The lowest BCUT2D eigenvalue weighted by atomic mass is 9.85. The summed E-state index contributed by atoms with van der Waals surface area (Å²) in [5, 5.41) is 3.12. The first kappa shape index (κ1) is 14.6. The van der Waals surface area contributed by atoms with Gasteiger partial charge in [-0.05, 0) is 48.6 Å². The third-order valence-electron chi connectivity index (χ3n) is 4.18. The molecule has 0 bridgehead atoms. The first-order chi connectivity index (χ1) is 8.99. The highest BCUT2D eigenvalue weighted by Crippen LogP contribution is 2.30. The lowest BCUT2D eigenvalue weighted by Gasteiger charge is -2.24. The van der Waals surface area contributed by atoms with Gasteiger partial charge in [0.25, 0.3) is 5.91 Å². The van der Waals surface area contributed by atoms with Gasteiger partial charge in [0.1, 0.15) is 0 Å². The van der Waals surface area contributed by atoms with E-state index in [9.17, 15) is 4.79 Å². The molecule has 1 aromatic heterocycles. The third kappa shape index (κ3) is 3.38. The highest BCUT2D eigenvalue weighted by Gasteiger charge is 2.21. The van der Waals surface area contributed by atoms with Gasteiger partial charge in [-0.1, -0.05) is 27.7 Å². The number of amides is 1. The summed E-state index contributed by atoms with van der Waals surface area (Å²) in [5.41, 5.74) is 1.40. The largest absolute Gasteiger partial charge is 0.351 e. The van der Waals surface area contributed by atoms with Gasteiger partial charge in [0.15, 0.2) is 0 Å². The van der Waals surface area contributed by atoms with Gasteiger partial charge in [-0.2, -0.15) is 0 Å². The third-order valence-corrected chi connectivity index (χ3v) is 5.42. The van der Waals surface area contributed by atoms with Gasteiger partial charge in [0.05, 0.1) is 4.88 Å². The van der Waals surface area contributed by atoms with Crippen LogP contribution in [0.5, 0.6) is 0 Å². The average molecular weight is 279 g/mol. The van der Waals surface area contributed by atoms with E-state index in [1.54, 1.807) is 11.3 Å². The quantitative estimate of drug-likeness (QED) is 0.870. The number of thiophene rings is 1. The molecule has 0 aliphatic heterocycles. The molecule has 3 heteroatoms. The van der Waals surface area contributed by atoms with Crippen molar-refractivity contribution in [2.45, 2.75) is 47.0 Å². The first-order valence-electron chi connectivity index (χ1n) is 7.38. The van der Waals surface area contributed by atoms with Crippen LogP contribution in [0.1, 0.15) is 54.2 Å². The van der Waals surface area contributed by atoms with E-state index in [4.69, 9.17) is 0 Å². The maximum absolute atomic E-state index is 12.2. The van der Waals surface area contributed by atoms with Crippen LogP contribution in [0.2, 0.25) is 0 Å². The van der Waals surface area contributed by atoms with Crippen molar-refractivity contribution in [2.24, 2.45) is 17.8 Å². The number of aryl methyl sites for hydroxylation is 2. The van der Waals surface area contributed by atoms with Gasteiger partial charge in [-0.25, -0.2) is 0 Å². The van der Waals surface area contributed by atoms with Crippen molar-refractivity contribution in [1.82, 2.24) is 5.32 Å². The molecule has 0 unspecified atom stereocenters. The minimum atomic E-state index is 0.116. The SMILES string of the molecule is CC(C)C(CNC(=O)c1cc2c(s1)CCC2)C(C)C. The summed E-state index contributed by atoms with van der Waals surface area (Å²) in [6.45, 7) is 9.72. The van der Waals surface area contributed by atoms with Crippen molar-refractivity contribution in [2.75, 3.05) is 6.54 Å². The molecule has 19 heavy (non-hydrogen) atoms. The van der Waals surface area contributed by atoms with E-state index >= 15 is 0 Å². The lowest BCUT2D eigenvalue weighted by Crippen LogP contribution is -2.33. The Morgan fingerprint density at radius 1 is 1.26 bits per heavy atom. The first-order valence-corrected chi connectivity index (χ1v) is 8.20. The fourth-order valence-corrected chi connectivity index (χ4v) is 4.15. The number of rotatable bonds is 5. The van der Waals surface area contributed by atoms with Gasteiger partial charge in [-0.3, -0.25) is 4.79 Å². The lowest BCUT2D eigenvalue weighted by molar-refractivity contribution is 0.0941. The van der Waals surface area contributed by atoms with Crippen LogP contribution in [0, 0.1) is 17.8 Å². The standard InChI is InChI=1S/C16H25NOS/c1-10(2)13(11(3)4)9-17-16(18)15-8-12-6-5-7-14(12)19-15/h8,10-11,13H,5-7,9H2,1-4H3,(H,17,18). The van der Waals surface area contributed by atoms with Crippen molar-refractivity contribution >= 4 is 17.2 Å². The van der Waals surface area contributed by atoms with Crippen molar-refractivity contribution < 1.29 is 4.79 Å². The molecule has 106 valence electrons. The van der Waals surface area contributed by atoms with E-state index in [0.717, 1.165) is 24.3 Å². The second-order valence-corrected chi connectivity index (χ2v) is 7.41. The monoisotopic (exact) mass is 279 g/mol. The molecule has 0 saturated heterocycles. The van der Waals surface area contributed by atoms with Crippen LogP contribution in [0.15, 0.2) is 6.07 Å². The number of hydrogen-bond donors (Lipinski definition) is 1. The zero-order valence-corrected chi connectivity index (χ0v) is 13.3. The predicted molar refractivity (Wildman–Crippen MR) is 81.8 cm³/mol. The molecule has 0 spiro atoms. The summed E-state index contributed by atoms with van der Waals surface area (Å²) in [6, 6.07) is 2.10. The summed E-state index contributed by atoms with van der Waals surface area (Å²) in [7, 11) is 0. The zero-order valence-electron chi connectivity index (χ0n) is 12.5. The Balaban J connectivity index is 1.93. The van der Waals surface area contributed by atoms with E-state index < -0.39 is 0 Å². The van der Waals surface area contributed by atoms with Crippen LogP contribution in [0.3, 0.4) is 0 Å². The summed E-state index contributed by atoms with van der Waals surface area (Å²) >= 11 is 1.69. The number of fused-ring (bicyclic) bond motifs is 1. The fraction of sp³-hybridized carbons (Fsp3) is 0.688.